The second kappa shape index (κ2) is 9.42. The molecule has 0 heterocycles. The van der Waals surface area contributed by atoms with Crippen LogP contribution in [0.1, 0.15) is 31.1 Å². The number of carbonyl (C=O) groups excluding carboxylic acids is 3. The van der Waals surface area contributed by atoms with Gasteiger partial charge in [-0.3, -0.25) is 14.4 Å². The number of esters is 1. The van der Waals surface area contributed by atoms with Crippen molar-refractivity contribution in [2.24, 2.45) is 0 Å². The van der Waals surface area contributed by atoms with E-state index in [0.29, 0.717) is 17.9 Å². The van der Waals surface area contributed by atoms with Crippen molar-refractivity contribution in [3.05, 3.63) is 29.8 Å². The molecule has 0 atom stereocenters. The van der Waals surface area contributed by atoms with Gasteiger partial charge in [-0.25, -0.2) is 0 Å². The maximum Gasteiger partial charge on any atom is 0.325 e. The van der Waals surface area contributed by atoms with Crippen molar-refractivity contribution in [1.29, 1.82) is 5.26 Å². The highest BCUT2D eigenvalue weighted by atomic mass is 16.5. The summed E-state index contributed by atoms with van der Waals surface area (Å²) in [5.41, 5.74) is -0.640. The first-order chi connectivity index (χ1) is 12.2. The van der Waals surface area contributed by atoms with E-state index in [4.69, 9.17) is 14.7 Å². The number of nitriles is 1. The second-order valence-corrected chi connectivity index (χ2v) is 5.92. The lowest BCUT2D eigenvalue weighted by atomic mass is 10.1. The van der Waals surface area contributed by atoms with E-state index in [-0.39, 0.29) is 6.54 Å². The predicted molar refractivity (Wildman–Crippen MR) is 93.4 cm³/mol. The van der Waals surface area contributed by atoms with Crippen LogP contribution in [0.25, 0.3) is 0 Å². The Kier molecular flexibility index (Phi) is 7.59. The van der Waals surface area contributed by atoms with E-state index in [9.17, 15) is 14.4 Å². The molecule has 0 fully saturated rings. The van der Waals surface area contributed by atoms with Gasteiger partial charge in [0, 0.05) is 12.6 Å². The topological polar surface area (TPSA) is 109 Å². The van der Waals surface area contributed by atoms with Crippen LogP contribution in [0.5, 0.6) is 5.75 Å². The van der Waals surface area contributed by atoms with Crippen molar-refractivity contribution < 1.29 is 23.9 Å². The lowest BCUT2D eigenvalue weighted by Crippen LogP contribution is -2.46. The molecule has 0 spiro atoms. The normalized spacial score (nSPS) is 10.4. The monoisotopic (exact) mass is 361 g/mol. The number of amides is 2. The summed E-state index contributed by atoms with van der Waals surface area (Å²) in [6, 6.07) is 8.44. The van der Waals surface area contributed by atoms with Gasteiger partial charge in [0.2, 0.25) is 0 Å². The molecule has 8 nitrogen and oxygen atoms in total. The first-order valence-electron chi connectivity index (χ1n) is 8.06. The largest absolute Gasteiger partial charge is 0.494 e. The summed E-state index contributed by atoms with van der Waals surface area (Å²) >= 11 is 0. The van der Waals surface area contributed by atoms with Crippen LogP contribution in [0, 0.1) is 11.3 Å². The number of benzene rings is 1. The van der Waals surface area contributed by atoms with Crippen molar-refractivity contribution in [1.82, 2.24) is 10.2 Å². The molecular formula is C18H23N3O5. The highest BCUT2D eigenvalue weighted by molar-refractivity contribution is 5.96. The molecular weight excluding hydrogens is 338 g/mol. The first-order valence-corrected chi connectivity index (χ1v) is 8.06. The van der Waals surface area contributed by atoms with Gasteiger partial charge < -0.3 is 19.7 Å². The molecule has 0 bridgehead atoms. The van der Waals surface area contributed by atoms with Gasteiger partial charge in [-0.05, 0) is 45.0 Å². The fourth-order valence-corrected chi connectivity index (χ4v) is 1.80. The lowest BCUT2D eigenvalue weighted by molar-refractivity contribution is -0.152. The molecule has 0 saturated carbocycles. The van der Waals surface area contributed by atoms with Crippen molar-refractivity contribution in [2.45, 2.75) is 26.3 Å². The van der Waals surface area contributed by atoms with Gasteiger partial charge in [0.25, 0.3) is 11.8 Å². The minimum Gasteiger partial charge on any atom is -0.494 e. The van der Waals surface area contributed by atoms with Crippen LogP contribution in [0.4, 0.5) is 0 Å². The number of ether oxygens (including phenoxy) is 2. The average molecular weight is 361 g/mol. The number of likely N-dealkylation sites (N-methyl/N-ethyl adjacent to an activating group) is 1. The predicted octanol–water partition coefficient (Wildman–Crippen LogP) is 1.12. The van der Waals surface area contributed by atoms with Crippen molar-refractivity contribution in [2.75, 3.05) is 26.8 Å². The summed E-state index contributed by atoms with van der Waals surface area (Å²) in [6.07, 6.45) is 0. The quantitative estimate of drug-likeness (QED) is 0.695. The zero-order chi connectivity index (χ0) is 19.7. The van der Waals surface area contributed by atoms with Gasteiger partial charge in [0.1, 0.15) is 17.8 Å². The summed E-state index contributed by atoms with van der Waals surface area (Å²) in [6.45, 7) is 4.66. The maximum absolute atomic E-state index is 12.0. The summed E-state index contributed by atoms with van der Waals surface area (Å²) < 4.78 is 10.1. The van der Waals surface area contributed by atoms with E-state index in [1.807, 2.05) is 13.0 Å². The van der Waals surface area contributed by atoms with Gasteiger partial charge >= 0.3 is 5.97 Å². The van der Waals surface area contributed by atoms with Gasteiger partial charge in [-0.1, -0.05) is 0 Å². The van der Waals surface area contributed by atoms with Gasteiger partial charge in [-0.2, -0.15) is 5.26 Å². The third kappa shape index (κ3) is 6.09. The first kappa shape index (κ1) is 21.0. The summed E-state index contributed by atoms with van der Waals surface area (Å²) in [4.78, 5) is 36.7. The minimum atomic E-state index is -1.01. The van der Waals surface area contributed by atoms with E-state index in [1.165, 1.54) is 11.9 Å². The Morgan fingerprint density at radius 3 is 2.38 bits per heavy atom. The third-order valence-corrected chi connectivity index (χ3v) is 3.66. The van der Waals surface area contributed by atoms with Crippen molar-refractivity contribution in [3.8, 4) is 11.8 Å². The Labute approximate surface area is 152 Å². The number of hydrogen-bond donors (Lipinski definition) is 1. The number of nitrogens with one attached hydrogen (secondary N) is 1. The summed E-state index contributed by atoms with van der Waals surface area (Å²) in [5, 5.41) is 11.4. The molecule has 1 aromatic carbocycles. The number of hydrogen-bond acceptors (Lipinski definition) is 6. The Hall–Kier alpha value is -3.08. The minimum absolute atomic E-state index is 0.368. The molecule has 1 N–H and O–H groups in total. The van der Waals surface area contributed by atoms with Crippen LogP contribution in [-0.2, 0) is 14.3 Å². The molecule has 26 heavy (non-hydrogen) atoms. The van der Waals surface area contributed by atoms with E-state index in [2.05, 4.69) is 5.32 Å². The maximum atomic E-state index is 12.0. The van der Waals surface area contributed by atoms with Crippen molar-refractivity contribution in [3.63, 3.8) is 0 Å². The van der Waals surface area contributed by atoms with E-state index >= 15 is 0 Å². The standard InChI is InChI=1S/C18H23N3O5/c1-5-25-14-8-6-13(7-9-14)17(24)20-10-16(23)26-11-15(22)21(4)18(2,3)12-19/h6-9H,5,10-11H2,1-4H3,(H,20,24). The molecule has 0 saturated heterocycles. The molecule has 0 aliphatic carbocycles. The zero-order valence-electron chi connectivity index (χ0n) is 15.4. The van der Waals surface area contributed by atoms with Crippen LogP contribution >= 0.6 is 0 Å². The molecule has 1 aromatic rings. The molecule has 140 valence electrons. The third-order valence-electron chi connectivity index (χ3n) is 3.66. The van der Waals surface area contributed by atoms with Gasteiger partial charge in [-0.15, -0.1) is 0 Å². The molecule has 0 unspecified atom stereocenters. The molecule has 0 aromatic heterocycles. The SMILES string of the molecule is CCOc1ccc(C(=O)NCC(=O)OCC(=O)N(C)C(C)(C)C#N)cc1. The van der Waals surface area contributed by atoms with Crippen LogP contribution in [0.3, 0.4) is 0 Å². The van der Waals surface area contributed by atoms with Crippen LogP contribution in [-0.4, -0.2) is 55.0 Å². The summed E-state index contributed by atoms with van der Waals surface area (Å²) in [5.74, 6) is -1.06. The molecule has 0 aliphatic rings. The molecule has 2 amide bonds. The molecule has 8 heteroatoms. The zero-order valence-corrected chi connectivity index (χ0v) is 15.4. The Morgan fingerprint density at radius 1 is 1.23 bits per heavy atom. The molecule has 1 rings (SSSR count). The molecule has 0 radical (unpaired) electrons. The number of rotatable bonds is 8. The summed E-state index contributed by atoms with van der Waals surface area (Å²) in [7, 11) is 1.45. The Bertz CT molecular complexity index is 692. The average Bonchev–Trinajstić information content (AvgIpc) is 2.64. The van der Waals surface area contributed by atoms with E-state index < -0.39 is 29.9 Å². The Balaban J connectivity index is 2.43. The van der Waals surface area contributed by atoms with Crippen LogP contribution in [0.2, 0.25) is 0 Å². The van der Waals surface area contributed by atoms with Gasteiger partial charge in [0.05, 0.1) is 12.7 Å². The fraction of sp³-hybridized carbons (Fsp3) is 0.444. The van der Waals surface area contributed by atoms with Crippen molar-refractivity contribution >= 4 is 17.8 Å². The fourth-order valence-electron chi connectivity index (χ4n) is 1.80. The van der Waals surface area contributed by atoms with Crippen LogP contribution < -0.4 is 10.1 Å². The highest BCUT2D eigenvalue weighted by Gasteiger charge is 2.27. The number of carbonyl (C=O) groups is 3. The van der Waals surface area contributed by atoms with Gasteiger partial charge in [0.15, 0.2) is 6.61 Å². The highest BCUT2D eigenvalue weighted by Crippen LogP contribution is 2.12. The second-order valence-electron chi connectivity index (χ2n) is 5.92. The molecule has 0 aliphatic heterocycles. The smallest absolute Gasteiger partial charge is 0.325 e. The number of nitrogens with zero attached hydrogens (tertiary/aromatic N) is 2. The van der Waals surface area contributed by atoms with E-state index in [0.717, 1.165) is 0 Å². The van der Waals surface area contributed by atoms with E-state index in [1.54, 1.807) is 38.1 Å². The van der Waals surface area contributed by atoms with Crippen LogP contribution in [0.15, 0.2) is 24.3 Å². The lowest BCUT2D eigenvalue weighted by Gasteiger charge is -2.28. The Morgan fingerprint density at radius 2 is 1.85 bits per heavy atom.